The van der Waals surface area contributed by atoms with Gasteiger partial charge in [0.05, 0.1) is 16.7 Å². The lowest BCUT2D eigenvalue weighted by molar-refractivity contribution is 0.107. The maximum atomic E-state index is 16.8. The molecule has 0 amide bonds. The molecule has 5 fully saturated rings. The van der Waals surface area contributed by atoms with Gasteiger partial charge < -0.3 is 20.1 Å². The zero-order valence-electron chi connectivity index (χ0n) is 24.4. The molecule has 45 heavy (non-hydrogen) atoms. The van der Waals surface area contributed by atoms with E-state index in [0.717, 1.165) is 38.3 Å². The van der Waals surface area contributed by atoms with Crippen LogP contribution < -0.4 is 15.0 Å². The number of hydrogen-bond acceptors (Lipinski definition) is 7. The van der Waals surface area contributed by atoms with Gasteiger partial charge in [-0.25, -0.2) is 17.6 Å². The fourth-order valence-corrected chi connectivity index (χ4v) is 8.07. The number of alkyl halides is 1. The second-order valence-corrected chi connectivity index (χ2v) is 12.8. The number of terminal acetylenes is 1. The number of aromatic hydroxyl groups is 1. The molecular formula is C34H31F4N5O2. The Hall–Kier alpha value is -4.14. The van der Waals surface area contributed by atoms with E-state index in [9.17, 15) is 13.9 Å². The van der Waals surface area contributed by atoms with Gasteiger partial charge >= 0.3 is 6.01 Å². The summed E-state index contributed by atoms with van der Waals surface area (Å²) in [6.45, 7) is 2.59. The number of anilines is 1. The van der Waals surface area contributed by atoms with Crippen molar-refractivity contribution in [3.05, 3.63) is 53.3 Å². The number of ether oxygens (including phenoxy) is 1. The Balaban J connectivity index is 1.31. The summed E-state index contributed by atoms with van der Waals surface area (Å²) in [4.78, 5) is 13.4. The van der Waals surface area contributed by atoms with Gasteiger partial charge in [0.25, 0.3) is 0 Å². The Kier molecular flexibility index (Phi) is 6.59. The van der Waals surface area contributed by atoms with Crippen molar-refractivity contribution >= 4 is 27.5 Å². The van der Waals surface area contributed by atoms with E-state index in [2.05, 4.69) is 26.0 Å². The maximum absolute atomic E-state index is 16.8. The topological polar surface area (TPSA) is 73.8 Å². The summed E-state index contributed by atoms with van der Waals surface area (Å²) < 4.78 is 68.5. The predicted octanol–water partition coefficient (Wildman–Crippen LogP) is 5.45. The van der Waals surface area contributed by atoms with E-state index in [-0.39, 0.29) is 57.9 Å². The molecule has 5 aliphatic rings. The SMILES string of the molecule is C#Cc1c(F)ccc2cc(O)cc(-c3c(F)cc4c(N5C[C@@H]6CC[C@H]5CN6)nc(OC[C@@]56CCCN5C[C@H](F)C6)nc4c3F)c12. The van der Waals surface area contributed by atoms with Crippen LogP contribution in [0.4, 0.5) is 23.4 Å². The number of aromatic nitrogens is 2. The molecule has 9 rings (SSSR count). The third-order valence-corrected chi connectivity index (χ3v) is 10.2. The lowest BCUT2D eigenvalue weighted by Crippen LogP contribution is -2.61. The molecule has 0 radical (unpaired) electrons. The molecule has 1 aromatic heterocycles. The molecule has 2 bridgehead atoms. The van der Waals surface area contributed by atoms with Gasteiger partial charge in [-0.1, -0.05) is 12.0 Å². The van der Waals surface area contributed by atoms with E-state index in [1.165, 1.54) is 24.3 Å². The summed E-state index contributed by atoms with van der Waals surface area (Å²) in [5.41, 5.74) is -1.42. The fourth-order valence-electron chi connectivity index (χ4n) is 8.07. The number of phenols is 1. The summed E-state index contributed by atoms with van der Waals surface area (Å²) in [7, 11) is 0. The standard InChI is InChI=1S/C34H31F4N5O2/c1-2-23-26(36)7-4-18-10-22(44)11-24(28(18)23)29-27(37)12-25-31(30(29)38)40-33(41-32(25)43-16-20-5-6-21(43)14-39-20)45-17-34-8-3-9-42(34)15-19(35)13-34/h1,4,7,10-12,19-21,39,44H,3,5-6,8-9,13-17H2/t19-,20+,21+,34+/m1/s1. The molecule has 232 valence electrons. The first-order chi connectivity index (χ1) is 21.7. The number of rotatable bonds is 5. The molecule has 2 N–H and O–H groups in total. The second kappa shape index (κ2) is 10.5. The quantitative estimate of drug-likeness (QED) is 0.228. The fraction of sp³-hybridized carbons (Fsp3) is 0.412. The van der Waals surface area contributed by atoms with Crippen LogP contribution >= 0.6 is 0 Å². The van der Waals surface area contributed by atoms with Crippen LogP contribution in [0.25, 0.3) is 32.8 Å². The highest BCUT2D eigenvalue weighted by atomic mass is 19.1. The van der Waals surface area contributed by atoms with E-state index < -0.39 is 34.7 Å². The lowest BCUT2D eigenvalue weighted by Gasteiger charge is -2.46. The van der Waals surface area contributed by atoms with E-state index in [1.807, 2.05) is 0 Å². The summed E-state index contributed by atoms with van der Waals surface area (Å²) in [5.74, 6) is -0.277. The largest absolute Gasteiger partial charge is 0.508 e. The molecule has 0 spiro atoms. The van der Waals surface area contributed by atoms with E-state index in [0.29, 0.717) is 37.3 Å². The van der Waals surface area contributed by atoms with Gasteiger partial charge in [-0.15, -0.1) is 6.42 Å². The number of benzene rings is 3. The summed E-state index contributed by atoms with van der Waals surface area (Å²) >= 11 is 0. The Bertz CT molecular complexity index is 1910. The highest BCUT2D eigenvalue weighted by Gasteiger charge is 2.49. The molecule has 0 unspecified atom stereocenters. The Labute approximate surface area is 257 Å². The van der Waals surface area contributed by atoms with Gasteiger partial charge in [0.1, 0.15) is 41.5 Å². The average Bonchev–Trinajstić information content (AvgIpc) is 3.56. The number of piperazine rings is 1. The number of piperidine rings is 2. The molecule has 3 aromatic carbocycles. The number of halogens is 4. The van der Waals surface area contributed by atoms with Crippen LogP contribution in [0.1, 0.15) is 37.7 Å². The highest BCUT2D eigenvalue weighted by molar-refractivity contribution is 6.04. The Morgan fingerprint density at radius 2 is 1.98 bits per heavy atom. The first-order valence-corrected chi connectivity index (χ1v) is 15.4. The van der Waals surface area contributed by atoms with Crippen LogP contribution in [-0.4, -0.2) is 76.6 Å². The van der Waals surface area contributed by atoms with Crippen LogP contribution in [0.3, 0.4) is 0 Å². The van der Waals surface area contributed by atoms with Gasteiger partial charge in [0, 0.05) is 54.5 Å². The number of hydrogen-bond donors (Lipinski definition) is 2. The minimum Gasteiger partial charge on any atom is -0.508 e. The van der Waals surface area contributed by atoms with Crippen molar-refractivity contribution in [2.75, 3.05) is 37.7 Å². The van der Waals surface area contributed by atoms with Crippen LogP contribution in [0.15, 0.2) is 30.3 Å². The van der Waals surface area contributed by atoms with Crippen molar-refractivity contribution in [2.45, 2.75) is 55.9 Å². The van der Waals surface area contributed by atoms with Gasteiger partial charge in [-0.05, 0) is 61.9 Å². The zero-order chi connectivity index (χ0) is 31.0. The van der Waals surface area contributed by atoms with Crippen LogP contribution in [0, 0.1) is 29.8 Å². The van der Waals surface area contributed by atoms with E-state index >= 15 is 8.78 Å². The molecule has 4 atom stereocenters. The summed E-state index contributed by atoms with van der Waals surface area (Å²) in [6, 6.07) is 6.46. The molecule has 5 aliphatic heterocycles. The minimum absolute atomic E-state index is 0.0639. The average molecular weight is 618 g/mol. The van der Waals surface area contributed by atoms with Crippen molar-refractivity contribution in [3.8, 4) is 35.2 Å². The van der Waals surface area contributed by atoms with Gasteiger partial charge in [-0.2, -0.15) is 9.97 Å². The van der Waals surface area contributed by atoms with Gasteiger partial charge in [-0.3, -0.25) is 4.90 Å². The molecule has 6 heterocycles. The van der Waals surface area contributed by atoms with E-state index in [1.54, 1.807) is 0 Å². The Morgan fingerprint density at radius 3 is 2.73 bits per heavy atom. The molecule has 0 aliphatic carbocycles. The molecule has 11 heteroatoms. The van der Waals surface area contributed by atoms with Crippen molar-refractivity contribution in [3.63, 3.8) is 0 Å². The van der Waals surface area contributed by atoms with Crippen LogP contribution in [0.5, 0.6) is 11.8 Å². The normalized spacial score (nSPS) is 26.1. The number of nitrogens with zero attached hydrogens (tertiary/aromatic N) is 4. The van der Waals surface area contributed by atoms with Crippen LogP contribution in [0.2, 0.25) is 0 Å². The molecule has 0 saturated carbocycles. The third-order valence-electron chi connectivity index (χ3n) is 10.2. The third kappa shape index (κ3) is 4.49. The molecule has 5 saturated heterocycles. The van der Waals surface area contributed by atoms with Crippen molar-refractivity contribution in [1.82, 2.24) is 20.2 Å². The number of phenolic OH excluding ortho intramolecular Hbond substituents is 1. The molecule has 4 aromatic rings. The number of nitrogens with one attached hydrogen (secondary N) is 1. The highest BCUT2D eigenvalue weighted by Crippen LogP contribution is 2.43. The first kappa shape index (κ1) is 28.3. The van der Waals surface area contributed by atoms with Crippen molar-refractivity contribution in [2.24, 2.45) is 0 Å². The summed E-state index contributed by atoms with van der Waals surface area (Å²) in [5, 5.41) is 14.6. The van der Waals surface area contributed by atoms with E-state index in [4.69, 9.17) is 16.1 Å². The predicted molar refractivity (Wildman–Crippen MR) is 163 cm³/mol. The van der Waals surface area contributed by atoms with Gasteiger partial charge in [0.15, 0.2) is 5.82 Å². The van der Waals surface area contributed by atoms with Crippen molar-refractivity contribution < 1.29 is 27.4 Å². The van der Waals surface area contributed by atoms with Crippen LogP contribution in [-0.2, 0) is 0 Å². The second-order valence-electron chi connectivity index (χ2n) is 12.8. The minimum atomic E-state index is -1.01. The Morgan fingerprint density at radius 1 is 1.11 bits per heavy atom. The maximum Gasteiger partial charge on any atom is 0.319 e. The monoisotopic (exact) mass is 617 g/mol. The zero-order valence-corrected chi connectivity index (χ0v) is 24.4. The van der Waals surface area contributed by atoms with Gasteiger partial charge in [0.2, 0.25) is 0 Å². The molecule has 7 nitrogen and oxygen atoms in total. The smallest absolute Gasteiger partial charge is 0.319 e. The number of fused-ring (bicyclic) bond motifs is 6. The lowest BCUT2D eigenvalue weighted by atomic mass is 9.91. The first-order valence-electron chi connectivity index (χ1n) is 15.4. The molecular weight excluding hydrogens is 586 g/mol. The van der Waals surface area contributed by atoms with Crippen molar-refractivity contribution in [1.29, 1.82) is 0 Å². The summed E-state index contributed by atoms with van der Waals surface area (Å²) in [6.07, 6.45) is 8.62.